The Bertz CT molecular complexity index is 405. The predicted octanol–water partition coefficient (Wildman–Crippen LogP) is 0.642. The van der Waals surface area contributed by atoms with E-state index in [1.807, 2.05) is 0 Å². The predicted molar refractivity (Wildman–Crippen MR) is 64.5 cm³/mol. The molecular formula is C12H17N3O3. The number of rotatable bonds is 4. The number of nitrogens with one attached hydrogen (secondary N) is 1. The lowest BCUT2D eigenvalue weighted by Gasteiger charge is -2.22. The molecule has 0 saturated carbocycles. The van der Waals surface area contributed by atoms with Crippen LogP contribution in [0.1, 0.15) is 23.3 Å². The van der Waals surface area contributed by atoms with Gasteiger partial charge in [-0.3, -0.25) is 4.98 Å². The molecule has 1 aliphatic heterocycles. The van der Waals surface area contributed by atoms with E-state index in [4.69, 9.17) is 4.74 Å². The molecule has 2 heterocycles. The van der Waals surface area contributed by atoms with Gasteiger partial charge in [0.25, 0.3) is 0 Å². The first-order valence-corrected chi connectivity index (χ1v) is 6.03. The van der Waals surface area contributed by atoms with E-state index in [1.54, 1.807) is 0 Å². The van der Waals surface area contributed by atoms with E-state index in [2.05, 4.69) is 20.0 Å². The molecule has 1 aromatic rings. The van der Waals surface area contributed by atoms with Crippen LogP contribution in [0, 0.1) is 5.92 Å². The van der Waals surface area contributed by atoms with Crippen LogP contribution in [-0.2, 0) is 4.74 Å². The minimum atomic E-state index is -0.505. The number of hydrogen-bond acceptors (Lipinski definition) is 6. The molecule has 0 amide bonds. The lowest BCUT2D eigenvalue weighted by molar-refractivity contribution is 0.0591. The number of methoxy groups -OCH3 is 1. The van der Waals surface area contributed by atoms with Crippen molar-refractivity contribution in [1.82, 2.24) is 15.3 Å². The zero-order chi connectivity index (χ0) is 12.8. The maximum atomic E-state index is 11.3. The second kappa shape index (κ2) is 6.30. The maximum absolute atomic E-state index is 11.3. The Labute approximate surface area is 106 Å². The summed E-state index contributed by atoms with van der Waals surface area (Å²) in [7, 11) is 1.31. The summed E-state index contributed by atoms with van der Waals surface area (Å²) in [6.45, 7) is 2.67. The van der Waals surface area contributed by atoms with Crippen molar-refractivity contribution in [3.05, 3.63) is 18.1 Å². The summed E-state index contributed by atoms with van der Waals surface area (Å²) in [5.74, 6) is 0.404. The maximum Gasteiger partial charge on any atom is 0.358 e. The number of ether oxygens (including phenoxy) is 2. The second-order valence-electron chi connectivity index (χ2n) is 4.24. The topological polar surface area (TPSA) is 73.3 Å². The number of aromatic nitrogens is 2. The molecule has 1 N–H and O–H groups in total. The number of carbonyl (C=O) groups is 1. The normalized spacial score (nSPS) is 16.3. The Kier molecular flexibility index (Phi) is 4.46. The first-order valence-electron chi connectivity index (χ1n) is 6.03. The molecule has 0 atom stereocenters. The van der Waals surface area contributed by atoms with Crippen LogP contribution in [0.3, 0.4) is 0 Å². The molecule has 1 saturated heterocycles. The molecule has 18 heavy (non-hydrogen) atoms. The smallest absolute Gasteiger partial charge is 0.358 e. The van der Waals surface area contributed by atoms with Gasteiger partial charge < -0.3 is 14.8 Å². The van der Waals surface area contributed by atoms with Crippen LogP contribution >= 0.6 is 0 Å². The van der Waals surface area contributed by atoms with E-state index >= 15 is 0 Å². The van der Waals surface area contributed by atoms with Gasteiger partial charge in [0, 0.05) is 0 Å². The van der Waals surface area contributed by atoms with Crippen molar-refractivity contribution in [2.45, 2.75) is 12.8 Å². The van der Waals surface area contributed by atoms with E-state index < -0.39 is 5.97 Å². The number of nitrogens with zero attached hydrogens (tertiary/aromatic N) is 2. The van der Waals surface area contributed by atoms with Crippen molar-refractivity contribution < 1.29 is 14.3 Å². The fraction of sp³-hybridized carbons (Fsp3) is 0.583. The average Bonchev–Trinajstić information content (AvgIpc) is 2.45. The standard InChI is InChI=1S/C12H17N3O3/c1-17-12(16)10-6-14-7-11(15-10)18-8-9-2-4-13-5-3-9/h6-7,9,13H,2-5,8H2,1H3. The van der Waals surface area contributed by atoms with Crippen LogP contribution in [0.25, 0.3) is 0 Å². The highest BCUT2D eigenvalue weighted by atomic mass is 16.5. The van der Waals surface area contributed by atoms with Crippen molar-refractivity contribution in [1.29, 1.82) is 0 Å². The first kappa shape index (κ1) is 12.8. The van der Waals surface area contributed by atoms with Gasteiger partial charge in [-0.15, -0.1) is 0 Å². The van der Waals surface area contributed by atoms with Crippen molar-refractivity contribution in [2.75, 3.05) is 26.8 Å². The molecule has 0 spiro atoms. The Hall–Kier alpha value is -1.69. The van der Waals surface area contributed by atoms with E-state index in [1.165, 1.54) is 19.5 Å². The molecule has 6 heteroatoms. The molecule has 0 aliphatic carbocycles. The van der Waals surface area contributed by atoms with Gasteiger partial charge in [-0.1, -0.05) is 0 Å². The highest BCUT2D eigenvalue weighted by Gasteiger charge is 2.15. The van der Waals surface area contributed by atoms with Crippen molar-refractivity contribution >= 4 is 5.97 Å². The summed E-state index contributed by atoms with van der Waals surface area (Å²) in [6.07, 6.45) is 5.07. The van der Waals surface area contributed by atoms with Gasteiger partial charge in [0.1, 0.15) is 0 Å². The molecular weight excluding hydrogens is 234 g/mol. The van der Waals surface area contributed by atoms with E-state index in [9.17, 15) is 4.79 Å². The summed E-state index contributed by atoms with van der Waals surface area (Å²) in [4.78, 5) is 19.3. The number of carbonyl (C=O) groups excluding carboxylic acids is 1. The van der Waals surface area contributed by atoms with Crippen LogP contribution in [-0.4, -0.2) is 42.7 Å². The first-order chi connectivity index (χ1) is 8.79. The summed E-state index contributed by atoms with van der Waals surface area (Å²) in [5.41, 5.74) is 0.167. The Morgan fingerprint density at radius 2 is 2.22 bits per heavy atom. The molecule has 6 nitrogen and oxygen atoms in total. The quantitative estimate of drug-likeness (QED) is 0.792. The zero-order valence-corrected chi connectivity index (χ0v) is 10.4. The molecule has 0 radical (unpaired) electrons. The van der Waals surface area contributed by atoms with Crippen molar-refractivity contribution in [3.63, 3.8) is 0 Å². The fourth-order valence-electron chi connectivity index (χ4n) is 1.87. The molecule has 1 aromatic heterocycles. The molecule has 98 valence electrons. The summed E-state index contributed by atoms with van der Waals surface area (Å²) >= 11 is 0. The number of piperidine rings is 1. The zero-order valence-electron chi connectivity index (χ0n) is 10.4. The van der Waals surface area contributed by atoms with E-state index in [-0.39, 0.29) is 5.69 Å². The van der Waals surface area contributed by atoms with Crippen LogP contribution in [0.15, 0.2) is 12.4 Å². The SMILES string of the molecule is COC(=O)c1cncc(OCC2CCNCC2)n1. The molecule has 0 aromatic carbocycles. The van der Waals surface area contributed by atoms with Gasteiger partial charge in [0.2, 0.25) is 5.88 Å². The van der Waals surface area contributed by atoms with E-state index in [0.29, 0.717) is 18.4 Å². The summed E-state index contributed by atoms with van der Waals surface area (Å²) < 4.78 is 10.2. The fourth-order valence-corrected chi connectivity index (χ4v) is 1.87. The summed E-state index contributed by atoms with van der Waals surface area (Å²) in [5, 5.41) is 3.30. The van der Waals surface area contributed by atoms with Gasteiger partial charge in [-0.25, -0.2) is 9.78 Å². The van der Waals surface area contributed by atoms with Gasteiger partial charge in [0.15, 0.2) is 5.69 Å². The van der Waals surface area contributed by atoms with Gasteiger partial charge in [-0.2, -0.15) is 0 Å². The monoisotopic (exact) mass is 251 g/mol. The Morgan fingerprint density at radius 1 is 1.44 bits per heavy atom. The van der Waals surface area contributed by atoms with Crippen LogP contribution in [0.2, 0.25) is 0 Å². The molecule has 1 aliphatic rings. The Morgan fingerprint density at radius 3 is 2.94 bits per heavy atom. The van der Waals surface area contributed by atoms with Crippen LogP contribution in [0.5, 0.6) is 5.88 Å². The van der Waals surface area contributed by atoms with Crippen molar-refractivity contribution in [2.24, 2.45) is 5.92 Å². The number of hydrogen-bond donors (Lipinski definition) is 1. The van der Waals surface area contributed by atoms with Crippen LogP contribution in [0.4, 0.5) is 0 Å². The molecule has 2 rings (SSSR count). The lowest BCUT2D eigenvalue weighted by atomic mass is 9.99. The highest BCUT2D eigenvalue weighted by molar-refractivity contribution is 5.86. The third-order valence-corrected chi connectivity index (χ3v) is 2.93. The van der Waals surface area contributed by atoms with Gasteiger partial charge in [-0.05, 0) is 31.8 Å². The molecule has 0 bridgehead atoms. The van der Waals surface area contributed by atoms with E-state index in [0.717, 1.165) is 25.9 Å². The third kappa shape index (κ3) is 3.40. The highest BCUT2D eigenvalue weighted by Crippen LogP contribution is 2.14. The minimum Gasteiger partial charge on any atom is -0.476 e. The second-order valence-corrected chi connectivity index (χ2v) is 4.24. The largest absolute Gasteiger partial charge is 0.476 e. The Balaban J connectivity index is 1.90. The van der Waals surface area contributed by atoms with Gasteiger partial charge in [0.05, 0.1) is 26.1 Å². The summed E-state index contributed by atoms with van der Waals surface area (Å²) in [6, 6.07) is 0. The van der Waals surface area contributed by atoms with Gasteiger partial charge >= 0.3 is 5.97 Å². The van der Waals surface area contributed by atoms with Crippen LogP contribution < -0.4 is 10.1 Å². The average molecular weight is 251 g/mol. The van der Waals surface area contributed by atoms with Crippen molar-refractivity contribution in [3.8, 4) is 5.88 Å². The molecule has 0 unspecified atom stereocenters. The third-order valence-electron chi connectivity index (χ3n) is 2.93. The minimum absolute atomic E-state index is 0.167. The molecule has 1 fully saturated rings. The lowest BCUT2D eigenvalue weighted by Crippen LogP contribution is -2.30. The number of esters is 1.